The van der Waals surface area contributed by atoms with E-state index in [9.17, 15) is 33.9 Å². The standard InChI is InChI=1S/C34H48N8O7/c1-19(2)12-22-14-26(41(6)39-22)30(45)35-23-15-27-31(46)37-25(18-43)33(48)40(5)17-28(44)38-29(20(3)4)32(47)36-24(34(49)42(27)16-23)13-21-10-8-7-9-11-21/h7-11,14,19-20,23-25,27,29,43H,12-13,15-18H2,1-6H3,(H,35,45)(H,36,47)(H,37,46)(H,38,44)/t23-,24-,25-,27-,29+/m0/s1. The highest BCUT2D eigenvalue weighted by Crippen LogP contribution is 2.22. The average Bonchev–Trinajstić information content (AvgIpc) is 3.63. The van der Waals surface area contributed by atoms with Crippen LogP contribution in [0, 0.1) is 11.8 Å². The number of hydrogen-bond acceptors (Lipinski definition) is 8. The van der Waals surface area contributed by atoms with Gasteiger partial charge in [-0.3, -0.25) is 33.4 Å². The molecule has 5 atom stereocenters. The van der Waals surface area contributed by atoms with Crippen molar-refractivity contribution in [3.8, 4) is 0 Å². The van der Waals surface area contributed by atoms with E-state index in [1.165, 1.54) is 16.6 Å². The van der Waals surface area contributed by atoms with Gasteiger partial charge in [0.1, 0.15) is 29.9 Å². The number of aliphatic hydroxyl groups excluding tert-OH is 1. The molecule has 1 aromatic heterocycles. The lowest BCUT2D eigenvalue weighted by molar-refractivity contribution is -0.143. The monoisotopic (exact) mass is 680 g/mol. The maximum atomic E-state index is 14.4. The third-order valence-corrected chi connectivity index (χ3v) is 8.72. The first kappa shape index (κ1) is 37.0. The maximum absolute atomic E-state index is 14.4. The predicted octanol–water partition coefficient (Wildman–Crippen LogP) is -0.865. The molecule has 266 valence electrons. The molecule has 15 heteroatoms. The molecule has 2 aliphatic rings. The minimum Gasteiger partial charge on any atom is -0.394 e. The van der Waals surface area contributed by atoms with Gasteiger partial charge in [-0.15, -0.1) is 0 Å². The maximum Gasteiger partial charge on any atom is 0.269 e. The highest BCUT2D eigenvalue weighted by molar-refractivity contribution is 5.98. The van der Waals surface area contributed by atoms with Crippen LogP contribution >= 0.6 is 0 Å². The molecule has 2 fully saturated rings. The Morgan fingerprint density at radius 3 is 2.27 bits per heavy atom. The van der Waals surface area contributed by atoms with E-state index >= 15 is 0 Å². The minimum atomic E-state index is -1.41. The zero-order valence-electron chi connectivity index (χ0n) is 28.9. The minimum absolute atomic E-state index is 0.00284. The number of nitrogens with zero attached hydrogens (tertiary/aromatic N) is 4. The van der Waals surface area contributed by atoms with Crippen molar-refractivity contribution < 1.29 is 33.9 Å². The van der Waals surface area contributed by atoms with Crippen LogP contribution in [0.4, 0.5) is 0 Å². The molecule has 0 saturated carbocycles. The molecular weight excluding hydrogens is 632 g/mol. The summed E-state index contributed by atoms with van der Waals surface area (Å²) >= 11 is 0. The number of benzene rings is 1. The molecule has 49 heavy (non-hydrogen) atoms. The van der Waals surface area contributed by atoms with Crippen molar-refractivity contribution in [3.63, 3.8) is 0 Å². The first-order valence-corrected chi connectivity index (χ1v) is 16.6. The first-order chi connectivity index (χ1) is 23.2. The molecule has 1 aromatic carbocycles. The second-order valence-electron chi connectivity index (χ2n) is 13.6. The summed E-state index contributed by atoms with van der Waals surface area (Å²) in [5, 5.41) is 25.5. The van der Waals surface area contributed by atoms with Gasteiger partial charge in [0.15, 0.2) is 0 Å². The molecule has 5 N–H and O–H groups in total. The zero-order chi connectivity index (χ0) is 36.0. The first-order valence-electron chi connectivity index (χ1n) is 16.6. The van der Waals surface area contributed by atoms with Gasteiger partial charge in [0.25, 0.3) is 5.91 Å². The van der Waals surface area contributed by atoms with Gasteiger partial charge < -0.3 is 36.2 Å². The van der Waals surface area contributed by atoms with Gasteiger partial charge in [-0.25, -0.2) is 0 Å². The Kier molecular flexibility index (Phi) is 12.1. The Bertz CT molecular complexity index is 1540. The van der Waals surface area contributed by atoms with E-state index in [1.54, 1.807) is 39.1 Å². The van der Waals surface area contributed by atoms with E-state index in [0.29, 0.717) is 18.0 Å². The number of hydrogen-bond donors (Lipinski definition) is 5. The van der Waals surface area contributed by atoms with Gasteiger partial charge >= 0.3 is 0 Å². The number of rotatable bonds is 8. The molecule has 0 unspecified atom stereocenters. The van der Waals surface area contributed by atoms with E-state index < -0.39 is 78.8 Å². The zero-order valence-corrected chi connectivity index (χ0v) is 28.9. The van der Waals surface area contributed by atoms with Crippen LogP contribution in [0.25, 0.3) is 0 Å². The summed E-state index contributed by atoms with van der Waals surface area (Å²) in [7, 11) is 3.01. The fraction of sp³-hybridized carbons (Fsp3) is 0.559. The number of carbonyl (C=O) groups is 6. The summed E-state index contributed by atoms with van der Waals surface area (Å²) in [6, 6.07) is 5.34. The SMILES string of the molecule is CC(C)Cc1cc(C(=O)N[C@H]2C[C@H]3C(=O)N[C@@H](CO)C(=O)N(C)CC(=O)N[C@H](C(C)C)C(=O)N[C@@H](Cc4ccccc4)C(=O)N3C2)n(C)n1. The average molecular weight is 681 g/mol. The van der Waals surface area contributed by atoms with Crippen LogP contribution in [0.5, 0.6) is 0 Å². The van der Waals surface area contributed by atoms with Crippen molar-refractivity contribution in [2.75, 3.05) is 26.7 Å². The van der Waals surface area contributed by atoms with Gasteiger partial charge in [-0.05, 0) is 36.3 Å². The Hall–Kier alpha value is -4.79. The second-order valence-corrected chi connectivity index (χ2v) is 13.6. The van der Waals surface area contributed by atoms with Crippen molar-refractivity contribution in [1.82, 2.24) is 40.8 Å². The molecule has 2 saturated heterocycles. The molecule has 0 radical (unpaired) electrons. The van der Waals surface area contributed by atoms with Crippen molar-refractivity contribution >= 4 is 35.4 Å². The number of amides is 6. The van der Waals surface area contributed by atoms with Gasteiger partial charge in [-0.1, -0.05) is 58.0 Å². The molecule has 2 aliphatic heterocycles. The van der Waals surface area contributed by atoms with Crippen LogP contribution in [-0.4, -0.2) is 117 Å². The van der Waals surface area contributed by atoms with E-state index in [2.05, 4.69) is 40.2 Å². The molecule has 4 rings (SSSR count). The molecule has 0 spiro atoms. The molecule has 15 nitrogen and oxygen atoms in total. The van der Waals surface area contributed by atoms with Crippen LogP contribution in [0.3, 0.4) is 0 Å². The fourth-order valence-electron chi connectivity index (χ4n) is 6.23. The Morgan fingerprint density at radius 1 is 0.959 bits per heavy atom. The molecular formula is C34H48N8O7. The second kappa shape index (κ2) is 16.1. The molecule has 6 amide bonds. The summed E-state index contributed by atoms with van der Waals surface area (Å²) < 4.78 is 1.49. The van der Waals surface area contributed by atoms with E-state index in [4.69, 9.17) is 0 Å². The van der Waals surface area contributed by atoms with Gasteiger partial charge in [-0.2, -0.15) is 5.10 Å². The lowest BCUT2D eigenvalue weighted by Gasteiger charge is -2.30. The number of aliphatic hydroxyl groups is 1. The quantitative estimate of drug-likeness (QED) is 0.238. The molecule has 2 aromatic rings. The highest BCUT2D eigenvalue weighted by atomic mass is 16.3. The van der Waals surface area contributed by atoms with Crippen molar-refractivity contribution in [2.45, 2.75) is 77.2 Å². The van der Waals surface area contributed by atoms with Crippen molar-refractivity contribution in [2.24, 2.45) is 18.9 Å². The van der Waals surface area contributed by atoms with Gasteiger partial charge in [0, 0.05) is 33.1 Å². The molecule has 0 aliphatic carbocycles. The van der Waals surface area contributed by atoms with E-state index in [0.717, 1.165) is 16.2 Å². The Labute approximate surface area is 286 Å². The third-order valence-electron chi connectivity index (χ3n) is 8.72. The summed E-state index contributed by atoms with van der Waals surface area (Å²) in [6.07, 6.45) is 0.772. The number of fused-ring (bicyclic) bond motifs is 1. The smallest absolute Gasteiger partial charge is 0.269 e. The fourth-order valence-corrected chi connectivity index (χ4v) is 6.23. The molecule has 3 heterocycles. The normalized spacial score (nSPS) is 24.3. The van der Waals surface area contributed by atoms with Gasteiger partial charge in [0.2, 0.25) is 29.5 Å². The summed E-state index contributed by atoms with van der Waals surface area (Å²) in [5.41, 5.74) is 1.83. The van der Waals surface area contributed by atoms with Crippen LogP contribution in [0.15, 0.2) is 36.4 Å². The number of carbonyl (C=O) groups excluding carboxylic acids is 6. The Balaban J connectivity index is 1.70. The predicted molar refractivity (Wildman–Crippen MR) is 179 cm³/mol. The highest BCUT2D eigenvalue weighted by Gasteiger charge is 2.44. The summed E-state index contributed by atoms with van der Waals surface area (Å²) in [6.45, 7) is 6.31. The lowest BCUT2D eigenvalue weighted by atomic mass is 10.0. The van der Waals surface area contributed by atoms with E-state index in [1.807, 2.05) is 18.2 Å². The number of likely N-dealkylation sites (N-methyl/N-ethyl adjacent to an activating group) is 1. The van der Waals surface area contributed by atoms with Crippen molar-refractivity contribution in [1.29, 1.82) is 0 Å². The van der Waals surface area contributed by atoms with Crippen LogP contribution in [0.1, 0.15) is 55.9 Å². The summed E-state index contributed by atoms with van der Waals surface area (Å²) in [4.78, 5) is 83.9. The third kappa shape index (κ3) is 9.22. The largest absolute Gasteiger partial charge is 0.394 e. The summed E-state index contributed by atoms with van der Waals surface area (Å²) in [5.74, 6) is -3.75. The van der Waals surface area contributed by atoms with Gasteiger partial charge in [0.05, 0.1) is 18.8 Å². The Morgan fingerprint density at radius 2 is 1.63 bits per heavy atom. The number of nitrogens with one attached hydrogen (secondary N) is 4. The topological polar surface area (TPSA) is 195 Å². The lowest BCUT2D eigenvalue weighted by Crippen LogP contribution is -2.58. The molecule has 0 bridgehead atoms. The van der Waals surface area contributed by atoms with E-state index in [-0.39, 0.29) is 25.3 Å². The number of aryl methyl sites for hydroxylation is 1. The van der Waals surface area contributed by atoms with Crippen LogP contribution in [0.2, 0.25) is 0 Å². The number of aromatic nitrogens is 2. The van der Waals surface area contributed by atoms with Crippen LogP contribution < -0.4 is 21.3 Å². The van der Waals surface area contributed by atoms with Crippen molar-refractivity contribution in [3.05, 3.63) is 53.3 Å². The van der Waals surface area contributed by atoms with Crippen LogP contribution in [-0.2, 0) is 43.9 Å².